The standard InChI is InChI=1S/C27H30ClN5O2.CH2O2/c1-31-13-10-20(11-14-31)18-32-15-12-23-24(26(34)29-17-19-6-3-2-4-7-19)30-33(25(23)27(32)35)22-9-5-8-21(28)16-22;2-1-3/h2-9,16,20H,10-15,17-18H2,1H3,(H,29,34);1H,(H,2,3). The number of rotatable bonds is 6. The summed E-state index contributed by atoms with van der Waals surface area (Å²) >= 11 is 6.25. The van der Waals surface area contributed by atoms with Crippen molar-refractivity contribution in [1.29, 1.82) is 0 Å². The second kappa shape index (κ2) is 12.7. The fourth-order valence-corrected chi connectivity index (χ4v) is 5.16. The van der Waals surface area contributed by atoms with Crippen LogP contribution >= 0.6 is 11.6 Å². The molecule has 10 heteroatoms. The lowest BCUT2D eigenvalue weighted by Crippen LogP contribution is -2.44. The van der Waals surface area contributed by atoms with Crippen molar-refractivity contribution in [3.8, 4) is 5.69 Å². The van der Waals surface area contributed by atoms with E-state index >= 15 is 0 Å². The van der Waals surface area contributed by atoms with Gasteiger partial charge in [0.15, 0.2) is 5.69 Å². The first-order chi connectivity index (χ1) is 18.4. The molecule has 0 radical (unpaired) electrons. The maximum Gasteiger partial charge on any atom is 0.290 e. The lowest BCUT2D eigenvalue weighted by atomic mass is 9.95. The molecule has 3 aromatic rings. The summed E-state index contributed by atoms with van der Waals surface area (Å²) in [6, 6.07) is 17.0. The average molecular weight is 538 g/mol. The number of likely N-dealkylation sites (tertiary alicyclic amines) is 1. The molecule has 38 heavy (non-hydrogen) atoms. The molecule has 2 amide bonds. The number of amides is 2. The van der Waals surface area contributed by atoms with Gasteiger partial charge in [-0.15, -0.1) is 0 Å². The number of nitrogens with zero attached hydrogens (tertiary/aromatic N) is 4. The van der Waals surface area contributed by atoms with Gasteiger partial charge in [0.25, 0.3) is 18.3 Å². The van der Waals surface area contributed by atoms with E-state index < -0.39 is 0 Å². The number of carbonyl (C=O) groups excluding carboxylic acids is 2. The number of fused-ring (bicyclic) bond motifs is 1. The monoisotopic (exact) mass is 537 g/mol. The zero-order chi connectivity index (χ0) is 27.1. The van der Waals surface area contributed by atoms with Crippen molar-refractivity contribution >= 4 is 29.9 Å². The van der Waals surface area contributed by atoms with E-state index in [1.807, 2.05) is 47.4 Å². The highest BCUT2D eigenvalue weighted by Crippen LogP contribution is 2.28. The predicted molar refractivity (Wildman–Crippen MR) is 145 cm³/mol. The minimum atomic E-state index is -0.276. The normalized spacial score (nSPS) is 15.8. The zero-order valence-electron chi connectivity index (χ0n) is 21.3. The van der Waals surface area contributed by atoms with Crippen molar-refractivity contribution in [3.05, 3.63) is 82.1 Å². The highest BCUT2D eigenvalue weighted by atomic mass is 35.5. The van der Waals surface area contributed by atoms with Crippen molar-refractivity contribution in [2.45, 2.75) is 25.8 Å². The van der Waals surface area contributed by atoms with Crippen LogP contribution in [0.5, 0.6) is 0 Å². The number of halogens is 1. The fraction of sp³-hybridized carbons (Fsp3) is 0.357. The number of carbonyl (C=O) groups is 3. The molecule has 2 aliphatic heterocycles. The number of hydrogen-bond acceptors (Lipinski definition) is 5. The Kier molecular flexibility index (Phi) is 9.15. The van der Waals surface area contributed by atoms with Crippen LogP contribution in [0.15, 0.2) is 54.6 Å². The predicted octanol–water partition coefficient (Wildman–Crippen LogP) is 3.50. The SMILES string of the molecule is CN1CCC(CN2CCc3c(C(=O)NCc4ccccc4)nn(-c4cccc(Cl)c4)c3C2=O)CC1.O=CO. The summed E-state index contributed by atoms with van der Waals surface area (Å²) in [5.74, 6) is 0.148. The molecule has 2 aliphatic rings. The van der Waals surface area contributed by atoms with E-state index in [1.165, 1.54) is 0 Å². The topological polar surface area (TPSA) is 108 Å². The average Bonchev–Trinajstić information content (AvgIpc) is 3.32. The number of benzene rings is 2. The van der Waals surface area contributed by atoms with Gasteiger partial charge in [0, 0.05) is 30.2 Å². The van der Waals surface area contributed by atoms with Gasteiger partial charge < -0.3 is 20.2 Å². The van der Waals surface area contributed by atoms with Gasteiger partial charge in [-0.2, -0.15) is 5.10 Å². The first kappa shape index (κ1) is 27.3. The number of aromatic nitrogens is 2. The van der Waals surface area contributed by atoms with Gasteiger partial charge in [-0.1, -0.05) is 48.0 Å². The third-order valence-electron chi connectivity index (χ3n) is 6.99. The van der Waals surface area contributed by atoms with Gasteiger partial charge in [-0.05, 0) is 69.1 Å². The molecule has 1 saturated heterocycles. The largest absolute Gasteiger partial charge is 0.483 e. The molecule has 200 valence electrons. The maximum atomic E-state index is 13.7. The summed E-state index contributed by atoms with van der Waals surface area (Å²) in [5, 5.41) is 15.1. The summed E-state index contributed by atoms with van der Waals surface area (Å²) in [5.41, 5.74) is 3.16. The molecule has 2 aromatic carbocycles. The summed E-state index contributed by atoms with van der Waals surface area (Å²) in [4.78, 5) is 39.6. The molecule has 9 nitrogen and oxygen atoms in total. The van der Waals surface area contributed by atoms with E-state index in [0.29, 0.717) is 53.1 Å². The highest BCUT2D eigenvalue weighted by molar-refractivity contribution is 6.30. The number of nitrogens with one attached hydrogen (secondary N) is 1. The van der Waals surface area contributed by atoms with Gasteiger partial charge in [-0.25, -0.2) is 4.68 Å². The van der Waals surface area contributed by atoms with E-state index in [9.17, 15) is 9.59 Å². The van der Waals surface area contributed by atoms with Gasteiger partial charge in [0.05, 0.1) is 5.69 Å². The molecule has 0 aliphatic carbocycles. The Bertz CT molecular complexity index is 1270. The number of piperidine rings is 1. The van der Waals surface area contributed by atoms with Crippen LogP contribution in [-0.2, 0) is 17.8 Å². The van der Waals surface area contributed by atoms with Crippen LogP contribution in [0.1, 0.15) is 44.9 Å². The summed E-state index contributed by atoms with van der Waals surface area (Å²) in [6.45, 7) is 3.60. The van der Waals surface area contributed by atoms with Crippen molar-refractivity contribution in [3.63, 3.8) is 0 Å². The molecule has 1 aromatic heterocycles. The van der Waals surface area contributed by atoms with Crippen molar-refractivity contribution in [2.24, 2.45) is 5.92 Å². The smallest absolute Gasteiger partial charge is 0.290 e. The Morgan fingerprint density at radius 2 is 1.84 bits per heavy atom. The molecule has 0 saturated carbocycles. The number of carboxylic acid groups (broad SMARTS) is 1. The second-order valence-corrected chi connectivity index (χ2v) is 10.0. The Labute approximate surface area is 227 Å². The number of hydrogen-bond donors (Lipinski definition) is 2. The van der Waals surface area contributed by atoms with Crippen molar-refractivity contribution in [2.75, 3.05) is 33.2 Å². The molecule has 0 bridgehead atoms. The van der Waals surface area contributed by atoms with Gasteiger partial charge in [0.1, 0.15) is 5.69 Å². The van der Waals surface area contributed by atoms with Gasteiger partial charge >= 0.3 is 0 Å². The summed E-state index contributed by atoms with van der Waals surface area (Å²) < 4.78 is 1.60. The van der Waals surface area contributed by atoms with Crippen LogP contribution in [0.4, 0.5) is 0 Å². The van der Waals surface area contributed by atoms with Crippen molar-refractivity contribution in [1.82, 2.24) is 24.9 Å². The van der Waals surface area contributed by atoms with E-state index in [1.54, 1.807) is 16.8 Å². The van der Waals surface area contributed by atoms with E-state index in [2.05, 4.69) is 22.4 Å². The van der Waals surface area contributed by atoms with Crippen molar-refractivity contribution < 1.29 is 19.5 Å². The Balaban J connectivity index is 0.00000107. The van der Waals surface area contributed by atoms with Crippen LogP contribution in [0.25, 0.3) is 5.69 Å². The molecule has 0 atom stereocenters. The van der Waals surface area contributed by atoms with Crippen LogP contribution < -0.4 is 5.32 Å². The minimum absolute atomic E-state index is 0.0697. The van der Waals surface area contributed by atoms with E-state index in [-0.39, 0.29) is 18.3 Å². The van der Waals surface area contributed by atoms with E-state index in [0.717, 1.165) is 38.0 Å². The molecular weight excluding hydrogens is 506 g/mol. The second-order valence-electron chi connectivity index (χ2n) is 9.59. The lowest BCUT2D eigenvalue weighted by Gasteiger charge is -2.35. The summed E-state index contributed by atoms with van der Waals surface area (Å²) in [7, 11) is 2.14. The Morgan fingerprint density at radius 1 is 1.13 bits per heavy atom. The third kappa shape index (κ3) is 6.41. The molecule has 5 rings (SSSR count). The van der Waals surface area contributed by atoms with Crippen LogP contribution in [0.2, 0.25) is 5.02 Å². The quantitative estimate of drug-likeness (QED) is 0.466. The lowest BCUT2D eigenvalue weighted by molar-refractivity contribution is -0.122. The van der Waals surface area contributed by atoms with Crippen LogP contribution in [-0.4, -0.2) is 76.2 Å². The maximum absolute atomic E-state index is 13.7. The molecular formula is C28H32ClN5O4. The molecule has 0 unspecified atom stereocenters. The molecule has 3 heterocycles. The first-order valence-corrected chi connectivity index (χ1v) is 13.0. The third-order valence-corrected chi connectivity index (χ3v) is 7.22. The first-order valence-electron chi connectivity index (χ1n) is 12.7. The molecule has 0 spiro atoms. The summed E-state index contributed by atoms with van der Waals surface area (Å²) in [6.07, 6.45) is 2.78. The Hall–Kier alpha value is -3.69. The van der Waals surface area contributed by atoms with E-state index in [4.69, 9.17) is 21.5 Å². The van der Waals surface area contributed by atoms with Crippen LogP contribution in [0, 0.1) is 5.92 Å². The molecule has 2 N–H and O–H groups in total. The van der Waals surface area contributed by atoms with Gasteiger partial charge in [-0.3, -0.25) is 14.4 Å². The Morgan fingerprint density at radius 3 is 2.53 bits per heavy atom. The van der Waals surface area contributed by atoms with Crippen LogP contribution in [0.3, 0.4) is 0 Å². The molecule has 1 fully saturated rings. The highest BCUT2D eigenvalue weighted by Gasteiger charge is 2.35. The fourth-order valence-electron chi connectivity index (χ4n) is 4.97. The minimum Gasteiger partial charge on any atom is -0.483 e. The zero-order valence-corrected chi connectivity index (χ0v) is 22.1. The van der Waals surface area contributed by atoms with Gasteiger partial charge in [0.2, 0.25) is 0 Å².